The van der Waals surface area contributed by atoms with Crippen molar-refractivity contribution in [2.75, 3.05) is 7.05 Å². The van der Waals surface area contributed by atoms with Crippen LogP contribution in [0.3, 0.4) is 0 Å². The van der Waals surface area contributed by atoms with E-state index in [9.17, 15) is 17.2 Å². The third-order valence-corrected chi connectivity index (χ3v) is 4.51. The Bertz CT molecular complexity index is 704. The van der Waals surface area contributed by atoms with Crippen molar-refractivity contribution in [1.29, 1.82) is 0 Å². The summed E-state index contributed by atoms with van der Waals surface area (Å²) in [6.07, 6.45) is 3.47. The van der Waals surface area contributed by atoms with Gasteiger partial charge in [0, 0.05) is 25.5 Å². The van der Waals surface area contributed by atoms with Crippen LogP contribution >= 0.6 is 0 Å². The molecule has 0 aliphatic carbocycles. The van der Waals surface area contributed by atoms with Crippen molar-refractivity contribution in [3.63, 3.8) is 0 Å². The zero-order chi connectivity index (χ0) is 16.2. The van der Waals surface area contributed by atoms with Gasteiger partial charge in [-0.05, 0) is 36.4 Å². The number of rotatable bonds is 6. The molecule has 0 aliphatic heterocycles. The minimum Gasteiger partial charge on any atom is -0.298 e. The van der Waals surface area contributed by atoms with E-state index in [4.69, 9.17) is 0 Å². The predicted molar refractivity (Wildman–Crippen MR) is 79.0 cm³/mol. The van der Waals surface area contributed by atoms with E-state index >= 15 is 0 Å². The molecule has 118 valence electrons. The molecule has 0 atom stereocenters. The number of nitrogens with zero attached hydrogens (tertiary/aromatic N) is 2. The fraction of sp³-hybridized carbons (Fsp3) is 0.267. The first kappa shape index (κ1) is 16.5. The molecule has 2 aromatic rings. The number of aromatic nitrogens is 1. The van der Waals surface area contributed by atoms with Gasteiger partial charge in [0.05, 0.1) is 4.90 Å². The van der Waals surface area contributed by atoms with Crippen LogP contribution in [0.25, 0.3) is 0 Å². The number of pyridine rings is 1. The molecule has 0 spiro atoms. The van der Waals surface area contributed by atoms with Crippen molar-refractivity contribution in [2.45, 2.75) is 23.7 Å². The molecule has 22 heavy (non-hydrogen) atoms. The molecule has 1 aromatic carbocycles. The number of hydrogen-bond acceptors (Lipinski definition) is 4. The lowest BCUT2D eigenvalue weighted by Gasteiger charge is -2.16. The highest BCUT2D eigenvalue weighted by Crippen LogP contribution is 2.19. The lowest BCUT2D eigenvalue weighted by molar-refractivity contribution is 0.234. The molecule has 0 unspecified atom stereocenters. The minimum absolute atomic E-state index is 0.360. The zero-order valence-electron chi connectivity index (χ0n) is 12.0. The maximum absolute atomic E-state index is 12.4. The first-order valence-corrected chi connectivity index (χ1v) is 8.12. The average molecular weight is 326 g/mol. The van der Waals surface area contributed by atoms with E-state index in [-0.39, 0.29) is 4.90 Å². The molecule has 0 radical (unpaired) electrons. The second-order valence-corrected chi connectivity index (χ2v) is 6.90. The highest BCUT2D eigenvalue weighted by molar-refractivity contribution is 7.91. The van der Waals surface area contributed by atoms with E-state index in [0.29, 0.717) is 13.1 Å². The third-order valence-electron chi connectivity index (χ3n) is 3.11. The zero-order valence-corrected chi connectivity index (χ0v) is 12.8. The van der Waals surface area contributed by atoms with Gasteiger partial charge in [0.15, 0.2) is 0 Å². The molecule has 0 fully saturated rings. The lowest BCUT2D eigenvalue weighted by Crippen LogP contribution is -2.17. The summed E-state index contributed by atoms with van der Waals surface area (Å²) in [5, 5.41) is 0. The summed E-state index contributed by atoms with van der Waals surface area (Å²) in [7, 11) is -2.61. The molecule has 1 heterocycles. The molecule has 2 rings (SSSR count). The highest BCUT2D eigenvalue weighted by Gasteiger charge is 2.26. The van der Waals surface area contributed by atoms with Gasteiger partial charge < -0.3 is 0 Å². The van der Waals surface area contributed by atoms with E-state index in [0.717, 1.165) is 11.1 Å². The quantitative estimate of drug-likeness (QED) is 0.819. The van der Waals surface area contributed by atoms with Crippen molar-refractivity contribution in [3.05, 3.63) is 59.9 Å². The molecule has 7 heteroatoms. The monoisotopic (exact) mass is 326 g/mol. The Balaban J connectivity index is 2.02. The predicted octanol–water partition coefficient (Wildman–Crippen LogP) is 2.71. The van der Waals surface area contributed by atoms with Crippen molar-refractivity contribution in [2.24, 2.45) is 0 Å². The fourth-order valence-corrected chi connectivity index (χ4v) is 2.78. The third kappa shape index (κ3) is 4.08. The first-order valence-electron chi connectivity index (χ1n) is 6.58. The number of hydrogen-bond donors (Lipinski definition) is 0. The van der Waals surface area contributed by atoms with E-state index in [1.54, 1.807) is 24.5 Å². The van der Waals surface area contributed by atoms with Crippen molar-refractivity contribution >= 4 is 9.84 Å². The van der Waals surface area contributed by atoms with Crippen LogP contribution in [0.2, 0.25) is 0 Å². The SMILES string of the molecule is CN(Cc1ccc(S(=O)(=O)C(F)F)cc1)Cc1cccnc1. The Morgan fingerprint density at radius 2 is 1.73 bits per heavy atom. The Labute approximate surface area is 128 Å². The summed E-state index contributed by atoms with van der Waals surface area (Å²) < 4.78 is 47.6. The normalized spacial score (nSPS) is 12.0. The molecule has 0 saturated heterocycles. The van der Waals surface area contributed by atoms with Crippen molar-refractivity contribution in [3.8, 4) is 0 Å². The lowest BCUT2D eigenvalue weighted by atomic mass is 10.2. The van der Waals surface area contributed by atoms with Crippen LogP contribution in [-0.4, -0.2) is 31.1 Å². The Hall–Kier alpha value is -1.86. The van der Waals surface area contributed by atoms with E-state index in [1.807, 2.05) is 24.1 Å². The van der Waals surface area contributed by atoms with Crippen LogP contribution in [-0.2, 0) is 22.9 Å². The van der Waals surface area contributed by atoms with Gasteiger partial charge in [-0.25, -0.2) is 8.42 Å². The van der Waals surface area contributed by atoms with E-state index in [1.165, 1.54) is 12.1 Å². The summed E-state index contributed by atoms with van der Waals surface area (Å²) >= 11 is 0. The maximum Gasteiger partial charge on any atom is 0.341 e. The molecule has 4 nitrogen and oxygen atoms in total. The van der Waals surface area contributed by atoms with Crippen molar-refractivity contribution in [1.82, 2.24) is 9.88 Å². The molecule has 0 aliphatic rings. The maximum atomic E-state index is 12.4. The highest BCUT2D eigenvalue weighted by atomic mass is 32.2. The van der Waals surface area contributed by atoms with E-state index in [2.05, 4.69) is 4.98 Å². The van der Waals surface area contributed by atoms with Crippen LogP contribution < -0.4 is 0 Å². The van der Waals surface area contributed by atoms with Crippen LogP contribution in [0.5, 0.6) is 0 Å². The number of halogens is 2. The van der Waals surface area contributed by atoms with Gasteiger partial charge in [-0.1, -0.05) is 18.2 Å². The van der Waals surface area contributed by atoms with Crippen LogP contribution in [0.15, 0.2) is 53.7 Å². The van der Waals surface area contributed by atoms with Gasteiger partial charge in [0.2, 0.25) is 9.84 Å². The second kappa shape index (κ2) is 6.93. The Morgan fingerprint density at radius 1 is 1.09 bits per heavy atom. The van der Waals surface area contributed by atoms with E-state index < -0.39 is 15.6 Å². The van der Waals surface area contributed by atoms with Crippen LogP contribution in [0.1, 0.15) is 11.1 Å². The van der Waals surface area contributed by atoms with Crippen LogP contribution in [0.4, 0.5) is 8.78 Å². The number of alkyl halides is 2. The summed E-state index contributed by atoms with van der Waals surface area (Å²) in [6, 6.07) is 9.35. The number of benzene rings is 1. The van der Waals surface area contributed by atoms with Gasteiger partial charge in [-0.15, -0.1) is 0 Å². The van der Waals surface area contributed by atoms with Gasteiger partial charge >= 0.3 is 5.76 Å². The molecule has 0 N–H and O–H groups in total. The van der Waals surface area contributed by atoms with Gasteiger partial charge in [-0.3, -0.25) is 9.88 Å². The summed E-state index contributed by atoms with van der Waals surface area (Å²) in [5.41, 5.74) is 1.90. The summed E-state index contributed by atoms with van der Waals surface area (Å²) in [5.74, 6) is -3.40. The van der Waals surface area contributed by atoms with Crippen LogP contribution in [0, 0.1) is 0 Å². The topological polar surface area (TPSA) is 50.3 Å². The molecular weight excluding hydrogens is 310 g/mol. The van der Waals surface area contributed by atoms with Gasteiger partial charge in [0.25, 0.3) is 0 Å². The average Bonchev–Trinajstić information content (AvgIpc) is 2.48. The Kier molecular flexibility index (Phi) is 5.20. The molecular formula is C15H16F2N2O2S. The first-order chi connectivity index (χ1) is 10.4. The minimum atomic E-state index is -4.53. The molecule has 0 amide bonds. The number of sulfone groups is 1. The van der Waals surface area contributed by atoms with Gasteiger partial charge in [-0.2, -0.15) is 8.78 Å². The standard InChI is InChI=1S/C15H16F2N2O2S/c1-19(11-13-3-2-8-18-9-13)10-12-4-6-14(7-5-12)22(20,21)15(16)17/h2-9,15H,10-11H2,1H3. The van der Waals surface area contributed by atoms with Crippen molar-refractivity contribution < 1.29 is 17.2 Å². The molecule has 0 saturated carbocycles. The summed E-state index contributed by atoms with van der Waals surface area (Å²) in [6.45, 7) is 1.26. The smallest absolute Gasteiger partial charge is 0.298 e. The second-order valence-electron chi connectivity index (χ2n) is 4.98. The van der Waals surface area contributed by atoms with Gasteiger partial charge in [0.1, 0.15) is 0 Å². The Morgan fingerprint density at radius 3 is 2.27 bits per heavy atom. The molecule has 0 bridgehead atoms. The summed E-state index contributed by atoms with van der Waals surface area (Å²) in [4.78, 5) is 5.70. The largest absolute Gasteiger partial charge is 0.341 e. The molecule has 1 aromatic heterocycles. The fourth-order valence-electron chi connectivity index (χ4n) is 2.06.